The number of thiophene rings is 1. The second kappa shape index (κ2) is 7.70. The average Bonchev–Trinajstić information content (AvgIpc) is 3.15. The van der Waals surface area contributed by atoms with E-state index in [1.807, 2.05) is 21.0 Å². The first kappa shape index (κ1) is 20.0. The van der Waals surface area contributed by atoms with Gasteiger partial charge in [0.1, 0.15) is 17.4 Å². The van der Waals surface area contributed by atoms with E-state index in [0.717, 1.165) is 56.3 Å². The lowest BCUT2D eigenvalue weighted by Gasteiger charge is -2.16. The smallest absolute Gasteiger partial charge is 0.159 e. The van der Waals surface area contributed by atoms with Gasteiger partial charge in [-0.2, -0.15) is 0 Å². The van der Waals surface area contributed by atoms with Crippen molar-refractivity contribution in [3.8, 4) is 10.6 Å². The Labute approximate surface area is 165 Å². The number of aliphatic hydroxyl groups excluding tert-OH is 1. The molecule has 27 heavy (non-hydrogen) atoms. The van der Waals surface area contributed by atoms with Gasteiger partial charge in [-0.1, -0.05) is 13.8 Å². The first-order chi connectivity index (χ1) is 12.8. The van der Waals surface area contributed by atoms with Gasteiger partial charge in [-0.25, -0.2) is 9.97 Å². The first-order valence-electron chi connectivity index (χ1n) is 9.59. The molecule has 1 atom stereocenters. The second-order valence-corrected chi connectivity index (χ2v) is 8.60. The molecule has 1 unspecified atom stereocenters. The maximum Gasteiger partial charge on any atom is 0.159 e. The number of hydrogen-bond acceptors (Lipinski definition) is 5. The van der Waals surface area contributed by atoms with Crippen LogP contribution in [0.4, 0.5) is 0 Å². The zero-order valence-corrected chi connectivity index (χ0v) is 18.2. The van der Waals surface area contributed by atoms with Gasteiger partial charge >= 0.3 is 0 Å². The van der Waals surface area contributed by atoms with E-state index in [-0.39, 0.29) is 0 Å². The summed E-state index contributed by atoms with van der Waals surface area (Å²) in [6, 6.07) is 2.50. The van der Waals surface area contributed by atoms with Gasteiger partial charge in [0.05, 0.1) is 10.6 Å². The van der Waals surface area contributed by atoms with E-state index in [0.29, 0.717) is 6.04 Å². The summed E-state index contributed by atoms with van der Waals surface area (Å²) in [7, 11) is 3.75. The van der Waals surface area contributed by atoms with Crippen molar-refractivity contribution in [1.29, 1.82) is 0 Å². The molecule has 3 aromatic rings. The monoisotopic (exact) mass is 386 g/mol. The zero-order chi connectivity index (χ0) is 19.9. The number of rotatable bonds is 6. The molecule has 0 radical (unpaired) electrons. The number of fused-ring (bicyclic) bond motifs is 1. The number of aliphatic hydroxyl groups is 1. The van der Waals surface area contributed by atoms with E-state index in [9.17, 15) is 5.11 Å². The molecule has 3 aromatic heterocycles. The summed E-state index contributed by atoms with van der Waals surface area (Å²) >= 11 is 1.60. The van der Waals surface area contributed by atoms with Crippen LogP contribution in [0.1, 0.15) is 60.7 Å². The molecule has 0 aliphatic heterocycles. The average molecular weight is 387 g/mol. The third-order valence-electron chi connectivity index (χ3n) is 5.23. The fourth-order valence-corrected chi connectivity index (χ4v) is 4.88. The Hall–Kier alpha value is -1.76. The molecule has 0 aromatic carbocycles. The highest BCUT2D eigenvalue weighted by molar-refractivity contribution is 7.15. The van der Waals surface area contributed by atoms with E-state index in [1.54, 1.807) is 16.2 Å². The maximum absolute atomic E-state index is 10.4. The highest BCUT2D eigenvalue weighted by Gasteiger charge is 2.21. The molecule has 1 N–H and O–H groups in total. The lowest BCUT2D eigenvalue weighted by molar-refractivity contribution is 0.0427. The van der Waals surface area contributed by atoms with Crippen molar-refractivity contribution >= 4 is 22.5 Å². The lowest BCUT2D eigenvalue weighted by atomic mass is 10.1. The molecule has 0 saturated carbocycles. The third-order valence-corrected chi connectivity index (χ3v) is 6.52. The molecule has 0 aliphatic rings. The summed E-state index contributed by atoms with van der Waals surface area (Å²) in [5, 5.41) is 10.4. The number of nitrogens with zero attached hydrogens (tertiary/aromatic N) is 4. The summed E-state index contributed by atoms with van der Waals surface area (Å²) < 4.78 is 2.29. The van der Waals surface area contributed by atoms with Crippen LogP contribution in [0.5, 0.6) is 0 Å². The lowest BCUT2D eigenvalue weighted by Crippen LogP contribution is -2.17. The SMILES string of the molecule is CCC(CC)n1cc(C)c2nc(-c3sc(C(O)N(C)C)cc3C)c(C)nc21. The number of aromatic nitrogens is 3. The predicted molar refractivity (Wildman–Crippen MR) is 113 cm³/mol. The first-order valence-corrected chi connectivity index (χ1v) is 10.4. The van der Waals surface area contributed by atoms with E-state index >= 15 is 0 Å². The third kappa shape index (κ3) is 3.53. The highest BCUT2D eigenvalue weighted by atomic mass is 32.1. The molecule has 0 bridgehead atoms. The Morgan fingerprint density at radius 1 is 1.11 bits per heavy atom. The molecular weight excluding hydrogens is 356 g/mol. The molecule has 0 fully saturated rings. The standard InChI is InChI=1S/C21H30N4OS/c1-8-15(9-2)25-11-13(4)17-20(25)22-14(5)18(23-17)19-12(3)10-16(27-19)21(26)24(6)7/h10-11,15,21,26H,8-9H2,1-7H3. The Morgan fingerprint density at radius 2 is 1.78 bits per heavy atom. The zero-order valence-electron chi connectivity index (χ0n) is 17.4. The van der Waals surface area contributed by atoms with E-state index in [4.69, 9.17) is 9.97 Å². The molecule has 3 heterocycles. The van der Waals surface area contributed by atoms with E-state index in [2.05, 4.69) is 44.5 Å². The molecule has 0 aliphatic carbocycles. The molecule has 0 saturated heterocycles. The maximum atomic E-state index is 10.4. The molecule has 146 valence electrons. The summed E-state index contributed by atoms with van der Waals surface area (Å²) in [5.74, 6) is 0. The second-order valence-electron chi connectivity index (χ2n) is 7.52. The van der Waals surface area contributed by atoms with Gasteiger partial charge in [0.2, 0.25) is 0 Å². The quantitative estimate of drug-likeness (QED) is 0.606. The van der Waals surface area contributed by atoms with Gasteiger partial charge < -0.3 is 9.67 Å². The van der Waals surface area contributed by atoms with Crippen LogP contribution in [0.2, 0.25) is 0 Å². The van der Waals surface area contributed by atoms with Crippen LogP contribution in [0.25, 0.3) is 21.7 Å². The van der Waals surface area contributed by atoms with E-state index < -0.39 is 6.23 Å². The molecule has 0 spiro atoms. The normalized spacial score (nSPS) is 13.3. The summed E-state index contributed by atoms with van der Waals surface area (Å²) in [6.45, 7) is 10.7. The number of hydrogen-bond donors (Lipinski definition) is 1. The fourth-order valence-electron chi connectivity index (χ4n) is 3.58. The van der Waals surface area contributed by atoms with Crippen molar-refractivity contribution in [3.05, 3.63) is 34.0 Å². The summed E-state index contributed by atoms with van der Waals surface area (Å²) in [4.78, 5) is 13.8. The minimum absolute atomic E-state index is 0.450. The number of aryl methyl sites for hydroxylation is 3. The summed E-state index contributed by atoms with van der Waals surface area (Å²) in [5.41, 5.74) is 6.10. The largest absolute Gasteiger partial charge is 0.373 e. The van der Waals surface area contributed by atoms with Crippen molar-refractivity contribution in [2.24, 2.45) is 0 Å². The molecule has 3 rings (SSSR count). The predicted octanol–water partition coefficient (Wildman–Crippen LogP) is 5.00. The minimum Gasteiger partial charge on any atom is -0.373 e. The van der Waals surface area contributed by atoms with E-state index in [1.165, 1.54) is 0 Å². The molecule has 5 nitrogen and oxygen atoms in total. The fraction of sp³-hybridized carbons (Fsp3) is 0.524. The summed E-state index contributed by atoms with van der Waals surface area (Å²) in [6.07, 6.45) is 3.75. The van der Waals surface area contributed by atoms with Gasteiger partial charge in [0.25, 0.3) is 0 Å². The van der Waals surface area contributed by atoms with Gasteiger partial charge in [-0.15, -0.1) is 11.3 Å². The van der Waals surface area contributed by atoms with Crippen LogP contribution in [-0.2, 0) is 0 Å². The van der Waals surface area contributed by atoms with Crippen LogP contribution < -0.4 is 0 Å². The van der Waals surface area contributed by atoms with Crippen molar-refractivity contribution in [1.82, 2.24) is 19.4 Å². The van der Waals surface area contributed by atoms with Crippen molar-refractivity contribution in [3.63, 3.8) is 0 Å². The van der Waals surface area contributed by atoms with Gasteiger partial charge in [0, 0.05) is 17.1 Å². The molecule has 0 amide bonds. The van der Waals surface area contributed by atoms with Gasteiger partial charge in [0.15, 0.2) is 5.65 Å². The van der Waals surface area contributed by atoms with Crippen molar-refractivity contribution in [2.45, 2.75) is 59.7 Å². The molecular formula is C21H30N4OS. The van der Waals surface area contributed by atoms with Crippen molar-refractivity contribution in [2.75, 3.05) is 14.1 Å². The highest BCUT2D eigenvalue weighted by Crippen LogP contribution is 2.37. The Kier molecular flexibility index (Phi) is 5.70. The van der Waals surface area contributed by atoms with Gasteiger partial charge in [-0.3, -0.25) is 4.90 Å². The van der Waals surface area contributed by atoms with Gasteiger partial charge in [-0.05, 0) is 64.9 Å². The van der Waals surface area contributed by atoms with Crippen molar-refractivity contribution < 1.29 is 5.11 Å². The Bertz CT molecular complexity index is 953. The van der Waals surface area contributed by atoms with Crippen LogP contribution in [0.3, 0.4) is 0 Å². The van der Waals surface area contributed by atoms with Crippen LogP contribution in [0.15, 0.2) is 12.3 Å². The Morgan fingerprint density at radius 3 is 2.37 bits per heavy atom. The molecule has 6 heteroatoms. The van der Waals surface area contributed by atoms with Crippen LogP contribution >= 0.6 is 11.3 Å². The minimum atomic E-state index is -0.600. The van der Waals surface area contributed by atoms with Crippen LogP contribution in [0, 0.1) is 20.8 Å². The topological polar surface area (TPSA) is 54.2 Å². The van der Waals surface area contributed by atoms with Crippen LogP contribution in [-0.4, -0.2) is 38.6 Å². The Balaban J connectivity index is 2.15.